The summed E-state index contributed by atoms with van der Waals surface area (Å²) in [6.07, 6.45) is -0.810. The minimum Gasteiger partial charge on any atom is -0.494 e. The molecule has 0 aromatic heterocycles. The number of rotatable bonds is 9. The summed E-state index contributed by atoms with van der Waals surface area (Å²) >= 11 is 0. The zero-order valence-corrected chi connectivity index (χ0v) is 15.7. The molecule has 1 aromatic carbocycles. The number of alkyl carbamates (subject to hydrolysis) is 1. The number of nitro groups is 1. The first kappa shape index (κ1) is 21.7. The third-order valence-corrected chi connectivity index (χ3v) is 3.14. The van der Waals surface area contributed by atoms with Crippen molar-refractivity contribution in [2.24, 2.45) is 0 Å². The van der Waals surface area contributed by atoms with E-state index in [4.69, 9.17) is 18.9 Å². The number of methoxy groups -OCH3 is 2. The van der Waals surface area contributed by atoms with Gasteiger partial charge in [0.05, 0.1) is 17.1 Å². The van der Waals surface area contributed by atoms with E-state index in [0.29, 0.717) is 25.3 Å². The van der Waals surface area contributed by atoms with Gasteiger partial charge in [0.25, 0.3) is 5.69 Å². The molecular weight excluding hydrogens is 344 g/mol. The average Bonchev–Trinajstić information content (AvgIpc) is 2.54. The molecular formula is C17H26N2O7. The summed E-state index contributed by atoms with van der Waals surface area (Å²) in [6.45, 7) is 6.06. The number of carbonyl (C=O) groups is 1. The predicted octanol–water partition coefficient (Wildman–Crippen LogP) is 3.18. The molecule has 9 nitrogen and oxygen atoms in total. The van der Waals surface area contributed by atoms with Crippen LogP contribution in [0, 0.1) is 10.1 Å². The topological polar surface area (TPSA) is 109 Å². The molecule has 1 N–H and O–H groups in total. The highest BCUT2D eigenvalue weighted by molar-refractivity contribution is 5.67. The van der Waals surface area contributed by atoms with E-state index >= 15 is 0 Å². The lowest BCUT2D eigenvalue weighted by atomic mass is 10.1. The summed E-state index contributed by atoms with van der Waals surface area (Å²) < 4.78 is 20.9. The molecule has 0 unspecified atom stereocenters. The Kier molecular flexibility index (Phi) is 8.27. The minimum atomic E-state index is -0.868. The summed E-state index contributed by atoms with van der Waals surface area (Å²) in [4.78, 5) is 22.1. The van der Waals surface area contributed by atoms with Crippen LogP contribution in [-0.4, -0.2) is 44.0 Å². The van der Waals surface area contributed by atoms with E-state index in [1.54, 1.807) is 20.8 Å². The smallest absolute Gasteiger partial charge is 0.407 e. The van der Waals surface area contributed by atoms with Crippen LogP contribution in [0.2, 0.25) is 0 Å². The summed E-state index contributed by atoms with van der Waals surface area (Å²) in [5, 5.41) is 13.8. The van der Waals surface area contributed by atoms with Crippen molar-refractivity contribution in [3.05, 3.63) is 33.9 Å². The number of nitrogens with zero attached hydrogens (tertiary/aromatic N) is 1. The molecule has 0 saturated carbocycles. The lowest BCUT2D eigenvalue weighted by Gasteiger charge is -2.19. The molecule has 0 atom stereocenters. The highest BCUT2D eigenvalue weighted by Crippen LogP contribution is 2.31. The average molecular weight is 370 g/mol. The van der Waals surface area contributed by atoms with Crippen molar-refractivity contribution in [1.82, 2.24) is 5.32 Å². The molecule has 0 bridgehead atoms. The third-order valence-electron chi connectivity index (χ3n) is 3.14. The monoisotopic (exact) mass is 370 g/mol. The van der Waals surface area contributed by atoms with Crippen LogP contribution >= 0.6 is 0 Å². The molecule has 146 valence electrons. The molecule has 9 heteroatoms. The van der Waals surface area contributed by atoms with E-state index < -0.39 is 22.9 Å². The van der Waals surface area contributed by atoms with Crippen molar-refractivity contribution in [3.63, 3.8) is 0 Å². The summed E-state index contributed by atoms with van der Waals surface area (Å²) in [5.74, 6) is 0.446. The molecule has 0 heterocycles. The van der Waals surface area contributed by atoms with E-state index in [0.717, 1.165) is 0 Å². The lowest BCUT2D eigenvalue weighted by Crippen LogP contribution is -2.33. The van der Waals surface area contributed by atoms with Crippen molar-refractivity contribution in [1.29, 1.82) is 0 Å². The van der Waals surface area contributed by atoms with Gasteiger partial charge < -0.3 is 24.3 Å². The largest absolute Gasteiger partial charge is 0.494 e. The minimum absolute atomic E-state index is 0.113. The van der Waals surface area contributed by atoms with Gasteiger partial charge in [-0.25, -0.2) is 4.79 Å². The van der Waals surface area contributed by atoms with Crippen LogP contribution in [0.1, 0.15) is 39.0 Å². The fourth-order valence-corrected chi connectivity index (χ4v) is 2.09. The second kappa shape index (κ2) is 9.93. The quantitative estimate of drug-likeness (QED) is 0.308. The third kappa shape index (κ3) is 7.24. The Morgan fingerprint density at radius 3 is 2.46 bits per heavy atom. The Balaban J connectivity index is 2.56. The zero-order chi connectivity index (χ0) is 19.7. The molecule has 0 aliphatic carbocycles. The maximum Gasteiger partial charge on any atom is 0.407 e. The Labute approximate surface area is 152 Å². The van der Waals surface area contributed by atoms with Gasteiger partial charge >= 0.3 is 6.09 Å². The fraction of sp³-hybridized carbons (Fsp3) is 0.588. The number of ether oxygens (including phenoxy) is 4. The standard InChI is InChI=1S/C17H26N2O7/c1-17(2,3)26-16(20)18-9-6-10-25-12-7-8-14(19(21)22)13(11-12)15(23-4)24-5/h7-8,11,15H,6,9-10H2,1-5H3,(H,18,20). The first-order valence-corrected chi connectivity index (χ1v) is 8.11. The van der Waals surface area contributed by atoms with Gasteiger partial charge in [-0.15, -0.1) is 0 Å². The van der Waals surface area contributed by atoms with E-state index in [1.807, 2.05) is 0 Å². The Morgan fingerprint density at radius 1 is 1.27 bits per heavy atom. The molecule has 1 aromatic rings. The van der Waals surface area contributed by atoms with Gasteiger partial charge in [0.1, 0.15) is 11.4 Å². The predicted molar refractivity (Wildman–Crippen MR) is 94.2 cm³/mol. The van der Waals surface area contributed by atoms with Gasteiger partial charge in [-0.1, -0.05) is 0 Å². The fourth-order valence-electron chi connectivity index (χ4n) is 2.09. The number of benzene rings is 1. The van der Waals surface area contributed by atoms with Gasteiger partial charge in [0, 0.05) is 26.8 Å². The summed E-state index contributed by atoms with van der Waals surface area (Å²) in [7, 11) is 2.79. The van der Waals surface area contributed by atoms with Crippen LogP contribution in [0.5, 0.6) is 5.75 Å². The molecule has 0 spiro atoms. The highest BCUT2D eigenvalue weighted by atomic mass is 16.7. The maximum absolute atomic E-state index is 11.5. The van der Waals surface area contributed by atoms with Crippen molar-refractivity contribution >= 4 is 11.8 Å². The van der Waals surface area contributed by atoms with E-state index in [-0.39, 0.29) is 11.3 Å². The van der Waals surface area contributed by atoms with Crippen molar-refractivity contribution in [2.45, 2.75) is 39.1 Å². The Bertz CT molecular complexity index is 610. The van der Waals surface area contributed by atoms with E-state index in [1.165, 1.54) is 32.4 Å². The van der Waals surface area contributed by atoms with Gasteiger partial charge in [0.2, 0.25) is 0 Å². The SMILES string of the molecule is COC(OC)c1cc(OCCCNC(=O)OC(C)(C)C)ccc1[N+](=O)[O-]. The summed E-state index contributed by atoms with van der Waals surface area (Å²) in [6, 6.07) is 4.36. The van der Waals surface area contributed by atoms with E-state index in [2.05, 4.69) is 5.32 Å². The number of nitrogens with one attached hydrogen (secondary N) is 1. The van der Waals surface area contributed by atoms with Crippen molar-refractivity contribution in [3.8, 4) is 5.75 Å². The number of hydrogen-bond acceptors (Lipinski definition) is 7. The Hall–Kier alpha value is -2.39. The van der Waals surface area contributed by atoms with E-state index in [9.17, 15) is 14.9 Å². The maximum atomic E-state index is 11.5. The first-order valence-electron chi connectivity index (χ1n) is 8.11. The van der Waals surface area contributed by atoms with Gasteiger partial charge in [0.15, 0.2) is 6.29 Å². The van der Waals surface area contributed by atoms with Crippen molar-refractivity contribution in [2.75, 3.05) is 27.4 Å². The van der Waals surface area contributed by atoms with Crippen LogP contribution in [-0.2, 0) is 14.2 Å². The van der Waals surface area contributed by atoms with Crippen molar-refractivity contribution < 1.29 is 28.7 Å². The summed E-state index contributed by atoms with van der Waals surface area (Å²) in [5.41, 5.74) is -0.392. The van der Waals surface area contributed by atoms with Crippen LogP contribution in [0.15, 0.2) is 18.2 Å². The van der Waals surface area contributed by atoms with Crippen LogP contribution in [0.3, 0.4) is 0 Å². The normalized spacial score (nSPS) is 11.3. The van der Waals surface area contributed by atoms with Crippen LogP contribution < -0.4 is 10.1 Å². The molecule has 0 fully saturated rings. The molecule has 1 rings (SSSR count). The van der Waals surface area contributed by atoms with Gasteiger partial charge in [-0.2, -0.15) is 0 Å². The molecule has 0 saturated heterocycles. The number of nitro benzene ring substituents is 1. The lowest BCUT2D eigenvalue weighted by molar-refractivity contribution is -0.387. The highest BCUT2D eigenvalue weighted by Gasteiger charge is 2.22. The number of hydrogen-bond donors (Lipinski definition) is 1. The van der Waals surface area contributed by atoms with Gasteiger partial charge in [-0.05, 0) is 39.3 Å². The molecule has 1 amide bonds. The molecule has 0 radical (unpaired) electrons. The molecule has 0 aliphatic rings. The number of amides is 1. The van der Waals surface area contributed by atoms with Gasteiger partial charge in [-0.3, -0.25) is 10.1 Å². The second-order valence-electron chi connectivity index (χ2n) is 6.41. The molecule has 0 aliphatic heterocycles. The zero-order valence-electron chi connectivity index (χ0n) is 15.7. The van der Waals surface area contributed by atoms with Crippen LogP contribution in [0.4, 0.5) is 10.5 Å². The van der Waals surface area contributed by atoms with Crippen LogP contribution in [0.25, 0.3) is 0 Å². The number of carbonyl (C=O) groups excluding carboxylic acids is 1. The Morgan fingerprint density at radius 2 is 1.92 bits per heavy atom. The molecule has 26 heavy (non-hydrogen) atoms. The second-order valence-corrected chi connectivity index (χ2v) is 6.41. The first-order chi connectivity index (χ1) is 12.2.